The minimum atomic E-state index is -0.106. The molecule has 1 N–H and O–H groups in total. The summed E-state index contributed by atoms with van der Waals surface area (Å²) >= 11 is 0. The first-order valence-corrected chi connectivity index (χ1v) is 7.96. The van der Waals surface area contributed by atoms with Gasteiger partial charge in [-0.15, -0.1) is 0 Å². The van der Waals surface area contributed by atoms with Gasteiger partial charge in [-0.25, -0.2) is 0 Å². The number of rotatable bonds is 4. The van der Waals surface area contributed by atoms with E-state index in [2.05, 4.69) is 58.1 Å². The van der Waals surface area contributed by atoms with Gasteiger partial charge in [-0.3, -0.25) is 10.1 Å². The van der Waals surface area contributed by atoms with Crippen molar-refractivity contribution in [2.45, 2.75) is 66.2 Å². The first kappa shape index (κ1) is 16.0. The van der Waals surface area contributed by atoms with Crippen molar-refractivity contribution < 1.29 is 4.79 Å². The molecule has 1 aromatic carbocycles. The van der Waals surface area contributed by atoms with E-state index in [4.69, 9.17) is 0 Å². The van der Waals surface area contributed by atoms with Crippen LogP contribution in [0.4, 0.5) is 0 Å². The molecule has 1 saturated heterocycles. The second-order valence-electron chi connectivity index (χ2n) is 6.88. The van der Waals surface area contributed by atoms with E-state index in [1.54, 1.807) is 0 Å². The Morgan fingerprint density at radius 1 is 1.24 bits per heavy atom. The molecule has 3 nitrogen and oxygen atoms in total. The highest BCUT2D eigenvalue weighted by molar-refractivity contribution is 5.84. The number of carbonyl (C=O) groups excluding carboxylic acids is 1. The average Bonchev–Trinajstić information content (AvgIpc) is 2.64. The van der Waals surface area contributed by atoms with Crippen LogP contribution in [-0.4, -0.2) is 22.9 Å². The maximum absolute atomic E-state index is 12.6. The molecule has 1 aliphatic heterocycles. The van der Waals surface area contributed by atoms with Crippen molar-refractivity contribution in [2.24, 2.45) is 5.92 Å². The molecule has 1 fully saturated rings. The van der Waals surface area contributed by atoms with Crippen molar-refractivity contribution in [3.63, 3.8) is 0 Å². The molecule has 3 atom stereocenters. The minimum absolute atomic E-state index is 0.00171. The largest absolute Gasteiger partial charge is 0.319 e. The van der Waals surface area contributed by atoms with Gasteiger partial charge in [-0.05, 0) is 51.2 Å². The van der Waals surface area contributed by atoms with E-state index in [-0.39, 0.29) is 24.2 Å². The number of hydrogen-bond acceptors (Lipinski definition) is 2. The fourth-order valence-corrected chi connectivity index (χ4v) is 3.38. The lowest BCUT2D eigenvalue weighted by Gasteiger charge is -2.32. The fraction of sp³-hybridized carbons (Fsp3) is 0.611. The van der Waals surface area contributed by atoms with Gasteiger partial charge in [-0.1, -0.05) is 37.6 Å². The summed E-state index contributed by atoms with van der Waals surface area (Å²) in [4.78, 5) is 14.6. The van der Waals surface area contributed by atoms with Crippen LogP contribution in [0.15, 0.2) is 18.2 Å². The predicted molar refractivity (Wildman–Crippen MR) is 87.0 cm³/mol. The third-order valence-electron chi connectivity index (χ3n) is 4.32. The number of nitrogens with zero attached hydrogens (tertiary/aromatic N) is 1. The zero-order valence-corrected chi connectivity index (χ0v) is 14.1. The summed E-state index contributed by atoms with van der Waals surface area (Å²) < 4.78 is 0. The number of benzene rings is 1. The number of carbonyl (C=O) groups is 1. The maximum Gasteiger partial charge on any atom is 0.241 e. The van der Waals surface area contributed by atoms with Crippen molar-refractivity contribution in [2.75, 3.05) is 0 Å². The lowest BCUT2D eigenvalue weighted by molar-refractivity contribution is -0.132. The van der Waals surface area contributed by atoms with E-state index in [0.29, 0.717) is 5.92 Å². The Balaban J connectivity index is 2.33. The standard InChI is InChI=1S/C18H28N2O/c1-11(2)9-14(5)20-17(19-15(6)18(20)21)16-8-7-12(3)10-13(16)4/h7-8,10-11,14-15,17,19H,9H2,1-6H3. The van der Waals surface area contributed by atoms with Crippen molar-refractivity contribution in [1.29, 1.82) is 0 Å². The van der Waals surface area contributed by atoms with Gasteiger partial charge in [0.1, 0.15) is 6.17 Å². The zero-order chi connectivity index (χ0) is 15.7. The van der Waals surface area contributed by atoms with E-state index in [9.17, 15) is 4.79 Å². The van der Waals surface area contributed by atoms with E-state index in [1.807, 2.05) is 11.8 Å². The summed E-state index contributed by atoms with van der Waals surface area (Å²) in [6.45, 7) is 12.8. The van der Waals surface area contributed by atoms with Crippen LogP contribution in [0.3, 0.4) is 0 Å². The molecule has 0 spiro atoms. The van der Waals surface area contributed by atoms with Gasteiger partial charge >= 0.3 is 0 Å². The highest BCUT2D eigenvalue weighted by Crippen LogP contribution is 2.31. The van der Waals surface area contributed by atoms with E-state index in [0.717, 1.165) is 6.42 Å². The van der Waals surface area contributed by atoms with Gasteiger partial charge in [0.25, 0.3) is 0 Å². The molecule has 1 amide bonds. The van der Waals surface area contributed by atoms with Gasteiger partial charge in [-0.2, -0.15) is 0 Å². The van der Waals surface area contributed by atoms with Crippen LogP contribution < -0.4 is 5.32 Å². The van der Waals surface area contributed by atoms with Crippen LogP contribution in [0.1, 0.15) is 57.0 Å². The molecule has 3 unspecified atom stereocenters. The monoisotopic (exact) mass is 288 g/mol. The van der Waals surface area contributed by atoms with Gasteiger partial charge in [0, 0.05) is 6.04 Å². The summed E-state index contributed by atoms with van der Waals surface area (Å²) in [5, 5.41) is 3.46. The molecule has 0 aromatic heterocycles. The van der Waals surface area contributed by atoms with Crippen molar-refractivity contribution in [1.82, 2.24) is 10.2 Å². The topological polar surface area (TPSA) is 32.3 Å². The molecular formula is C18H28N2O. The van der Waals surface area contributed by atoms with Crippen LogP contribution >= 0.6 is 0 Å². The molecule has 0 radical (unpaired) electrons. The van der Waals surface area contributed by atoms with Crippen LogP contribution in [0.5, 0.6) is 0 Å². The fourth-order valence-electron chi connectivity index (χ4n) is 3.38. The Hall–Kier alpha value is -1.35. The van der Waals surface area contributed by atoms with Gasteiger partial charge < -0.3 is 4.90 Å². The molecule has 0 bridgehead atoms. The van der Waals surface area contributed by atoms with Crippen LogP contribution in [-0.2, 0) is 4.79 Å². The molecule has 1 aromatic rings. The number of aryl methyl sites for hydroxylation is 2. The Kier molecular flexibility index (Phi) is 4.72. The zero-order valence-electron chi connectivity index (χ0n) is 14.1. The SMILES string of the molecule is Cc1ccc(C2NC(C)C(=O)N2C(C)CC(C)C)c(C)c1. The Labute approximate surface area is 128 Å². The van der Waals surface area contributed by atoms with Crippen molar-refractivity contribution in [3.8, 4) is 0 Å². The maximum atomic E-state index is 12.6. The lowest BCUT2D eigenvalue weighted by Crippen LogP contribution is -2.39. The number of amides is 1. The van der Waals surface area contributed by atoms with Crippen molar-refractivity contribution in [3.05, 3.63) is 34.9 Å². The first-order valence-electron chi connectivity index (χ1n) is 7.96. The minimum Gasteiger partial charge on any atom is -0.319 e. The molecular weight excluding hydrogens is 260 g/mol. The summed E-state index contributed by atoms with van der Waals surface area (Å²) in [5.74, 6) is 0.802. The number of hydrogen-bond donors (Lipinski definition) is 1. The van der Waals surface area contributed by atoms with Gasteiger partial charge in [0.15, 0.2) is 0 Å². The highest BCUT2D eigenvalue weighted by Gasteiger charge is 2.40. The second-order valence-corrected chi connectivity index (χ2v) is 6.88. The second kappa shape index (κ2) is 6.18. The molecule has 3 heteroatoms. The Bertz CT molecular complexity index is 524. The van der Waals surface area contributed by atoms with Crippen LogP contribution in [0.25, 0.3) is 0 Å². The highest BCUT2D eigenvalue weighted by atomic mass is 16.2. The van der Waals surface area contributed by atoms with Crippen LogP contribution in [0.2, 0.25) is 0 Å². The van der Waals surface area contributed by atoms with E-state index < -0.39 is 0 Å². The third-order valence-corrected chi connectivity index (χ3v) is 4.32. The molecule has 116 valence electrons. The smallest absolute Gasteiger partial charge is 0.241 e. The van der Waals surface area contributed by atoms with E-state index in [1.165, 1.54) is 16.7 Å². The molecule has 2 rings (SSSR count). The summed E-state index contributed by atoms with van der Waals surface area (Å²) in [7, 11) is 0. The molecule has 0 saturated carbocycles. The number of nitrogens with one attached hydrogen (secondary N) is 1. The van der Waals surface area contributed by atoms with Gasteiger partial charge in [0.05, 0.1) is 6.04 Å². The molecule has 0 aliphatic carbocycles. The normalized spacial score (nSPS) is 24.0. The van der Waals surface area contributed by atoms with Gasteiger partial charge in [0.2, 0.25) is 5.91 Å². The third kappa shape index (κ3) is 3.29. The Morgan fingerprint density at radius 2 is 1.90 bits per heavy atom. The molecule has 1 aliphatic rings. The molecule has 1 heterocycles. The predicted octanol–water partition coefficient (Wildman–Crippen LogP) is 3.56. The average molecular weight is 288 g/mol. The lowest BCUT2D eigenvalue weighted by atomic mass is 10.00. The van der Waals surface area contributed by atoms with E-state index >= 15 is 0 Å². The first-order chi connectivity index (χ1) is 9.81. The van der Waals surface area contributed by atoms with Crippen LogP contribution in [0, 0.1) is 19.8 Å². The molecule has 21 heavy (non-hydrogen) atoms. The summed E-state index contributed by atoms with van der Waals surface area (Å²) in [6, 6.07) is 6.62. The summed E-state index contributed by atoms with van der Waals surface area (Å²) in [6.07, 6.45) is 1.03. The Morgan fingerprint density at radius 3 is 2.48 bits per heavy atom. The summed E-state index contributed by atoms with van der Waals surface area (Å²) in [5.41, 5.74) is 3.72. The van der Waals surface area contributed by atoms with Crippen molar-refractivity contribution >= 4 is 5.91 Å². The quantitative estimate of drug-likeness (QED) is 0.919.